The zero-order valence-electron chi connectivity index (χ0n) is 26.3. The molecule has 4 rings (SSSR count). The highest BCUT2D eigenvalue weighted by Gasteiger charge is 2.61. The SMILES string of the molecule is CC(C)(C)CC1NC(C(=O)N2CCN(CC(=O)N(CCO)CCO)CC2)C(c2cccc(Cl)c2F)C1(C#N)c1ccc(Cl)cc1F. The fraction of sp³-hybridized carbons (Fsp3) is 0.545. The molecule has 2 saturated heterocycles. The number of carbonyl (C=O) groups excluding carboxylic acids is 2. The second-order valence-electron chi connectivity index (χ2n) is 13.1. The van der Waals surface area contributed by atoms with Crippen LogP contribution in [0.3, 0.4) is 0 Å². The van der Waals surface area contributed by atoms with Crippen LogP contribution < -0.4 is 5.32 Å². The summed E-state index contributed by atoms with van der Waals surface area (Å²) in [5.41, 5.74) is -2.04. The smallest absolute Gasteiger partial charge is 0.240 e. The Morgan fingerprint density at radius 1 is 1.09 bits per heavy atom. The van der Waals surface area contributed by atoms with Crippen LogP contribution >= 0.6 is 23.2 Å². The largest absolute Gasteiger partial charge is 0.395 e. The topological polar surface area (TPSA) is 120 Å². The van der Waals surface area contributed by atoms with Crippen LogP contribution in [0.4, 0.5) is 8.78 Å². The molecule has 0 aliphatic carbocycles. The molecule has 2 aliphatic rings. The lowest BCUT2D eigenvalue weighted by Crippen LogP contribution is -2.56. The number of hydrogen-bond donors (Lipinski definition) is 3. The Kier molecular flexibility index (Phi) is 11.7. The summed E-state index contributed by atoms with van der Waals surface area (Å²) in [5.74, 6) is -3.28. The predicted molar refractivity (Wildman–Crippen MR) is 171 cm³/mol. The molecule has 0 saturated carbocycles. The lowest BCUT2D eigenvalue weighted by Gasteiger charge is -2.39. The third-order valence-electron chi connectivity index (χ3n) is 8.85. The molecule has 46 heavy (non-hydrogen) atoms. The highest BCUT2D eigenvalue weighted by Crippen LogP contribution is 2.53. The van der Waals surface area contributed by atoms with Gasteiger partial charge in [0.25, 0.3) is 0 Å². The van der Waals surface area contributed by atoms with E-state index in [-0.39, 0.29) is 84.3 Å². The van der Waals surface area contributed by atoms with E-state index in [0.29, 0.717) is 19.5 Å². The number of nitrogens with zero attached hydrogens (tertiary/aromatic N) is 4. The Bertz CT molecular complexity index is 1450. The van der Waals surface area contributed by atoms with Gasteiger partial charge in [-0.2, -0.15) is 5.26 Å². The van der Waals surface area contributed by atoms with Crippen molar-refractivity contribution in [3.8, 4) is 6.07 Å². The molecule has 2 aromatic carbocycles. The van der Waals surface area contributed by atoms with E-state index in [1.807, 2.05) is 25.7 Å². The third kappa shape index (κ3) is 7.48. The van der Waals surface area contributed by atoms with Crippen LogP contribution in [0.25, 0.3) is 0 Å². The van der Waals surface area contributed by atoms with Crippen molar-refractivity contribution in [3.05, 3.63) is 69.2 Å². The first-order chi connectivity index (χ1) is 21.8. The number of piperazine rings is 1. The fourth-order valence-electron chi connectivity index (χ4n) is 6.76. The van der Waals surface area contributed by atoms with Gasteiger partial charge in [-0.15, -0.1) is 0 Å². The summed E-state index contributed by atoms with van der Waals surface area (Å²) >= 11 is 12.3. The number of aliphatic hydroxyl groups excluding tert-OH is 2. The van der Waals surface area contributed by atoms with Crippen molar-refractivity contribution in [1.82, 2.24) is 20.0 Å². The summed E-state index contributed by atoms with van der Waals surface area (Å²) in [6, 6.07) is 8.95. The van der Waals surface area contributed by atoms with Crippen LogP contribution in [-0.2, 0) is 15.0 Å². The molecule has 0 radical (unpaired) electrons. The van der Waals surface area contributed by atoms with E-state index in [9.17, 15) is 25.1 Å². The minimum Gasteiger partial charge on any atom is -0.395 e. The molecule has 4 unspecified atom stereocenters. The number of aliphatic hydroxyl groups is 2. The third-order valence-corrected chi connectivity index (χ3v) is 9.38. The van der Waals surface area contributed by atoms with Crippen molar-refractivity contribution in [2.75, 3.05) is 59.0 Å². The Hall–Kier alpha value is -2.85. The lowest BCUT2D eigenvalue weighted by molar-refractivity contribution is -0.137. The standard InChI is InChI=1S/C33H41Cl2F2N5O4/c1-32(2,3)18-26-33(20-38,23-8-7-21(34)17-25(23)36)28(22-5-4-6-24(35)29(22)37)30(39-26)31(46)42-11-9-40(10-12-42)19-27(45)41(13-15-43)14-16-44/h4-8,17,26,28,30,39,43-44H,9-16,18-19H2,1-3H3. The molecule has 4 atom stereocenters. The second-order valence-corrected chi connectivity index (χ2v) is 14.0. The normalized spacial score (nSPS) is 23.7. The number of nitrogens with one attached hydrogen (secondary N) is 1. The van der Waals surface area contributed by atoms with E-state index in [2.05, 4.69) is 11.4 Å². The monoisotopic (exact) mass is 679 g/mol. The molecule has 13 heteroatoms. The van der Waals surface area contributed by atoms with Gasteiger partial charge in [-0.25, -0.2) is 8.78 Å². The van der Waals surface area contributed by atoms with Crippen LogP contribution in [0.2, 0.25) is 10.0 Å². The molecule has 2 heterocycles. The average molecular weight is 681 g/mol. The van der Waals surface area contributed by atoms with Crippen LogP contribution in [-0.4, -0.2) is 108 Å². The molecule has 250 valence electrons. The highest BCUT2D eigenvalue weighted by atomic mass is 35.5. The number of nitriles is 1. The maximum absolute atomic E-state index is 15.9. The summed E-state index contributed by atoms with van der Waals surface area (Å²) in [6.45, 7) is 7.00. The van der Waals surface area contributed by atoms with Gasteiger partial charge in [-0.05, 0) is 35.6 Å². The van der Waals surface area contributed by atoms with Crippen molar-refractivity contribution in [2.24, 2.45) is 5.41 Å². The molecule has 0 aromatic heterocycles. The van der Waals surface area contributed by atoms with Crippen LogP contribution in [0, 0.1) is 28.4 Å². The summed E-state index contributed by atoms with van der Waals surface area (Å²) in [6.07, 6.45) is 0.360. The number of rotatable bonds is 10. The van der Waals surface area contributed by atoms with E-state index >= 15 is 8.78 Å². The Morgan fingerprint density at radius 3 is 2.30 bits per heavy atom. The zero-order valence-corrected chi connectivity index (χ0v) is 27.8. The minimum atomic E-state index is -1.72. The van der Waals surface area contributed by atoms with Gasteiger partial charge in [-0.3, -0.25) is 14.5 Å². The molecular formula is C33H41Cl2F2N5O4. The quantitative estimate of drug-likeness (QED) is 0.351. The van der Waals surface area contributed by atoms with Crippen molar-refractivity contribution in [3.63, 3.8) is 0 Å². The average Bonchev–Trinajstić information content (AvgIpc) is 3.31. The Morgan fingerprint density at radius 2 is 1.74 bits per heavy atom. The predicted octanol–water partition coefficient (Wildman–Crippen LogP) is 3.55. The van der Waals surface area contributed by atoms with Crippen molar-refractivity contribution >= 4 is 35.0 Å². The van der Waals surface area contributed by atoms with Gasteiger partial charge >= 0.3 is 0 Å². The van der Waals surface area contributed by atoms with Gasteiger partial charge in [0.15, 0.2) is 0 Å². The molecule has 0 bridgehead atoms. The summed E-state index contributed by atoms with van der Waals surface area (Å²) in [5, 5.41) is 32.9. The summed E-state index contributed by atoms with van der Waals surface area (Å²) in [4.78, 5) is 32.1. The fourth-order valence-corrected chi connectivity index (χ4v) is 7.10. The van der Waals surface area contributed by atoms with E-state index in [0.717, 1.165) is 6.07 Å². The van der Waals surface area contributed by atoms with Crippen LogP contribution in [0.5, 0.6) is 0 Å². The molecule has 2 fully saturated rings. The van der Waals surface area contributed by atoms with E-state index in [1.165, 1.54) is 29.2 Å². The van der Waals surface area contributed by atoms with E-state index in [4.69, 9.17) is 23.2 Å². The number of benzene rings is 2. The summed E-state index contributed by atoms with van der Waals surface area (Å²) in [7, 11) is 0. The van der Waals surface area contributed by atoms with Crippen molar-refractivity contribution < 1.29 is 28.6 Å². The van der Waals surface area contributed by atoms with Gasteiger partial charge in [0.2, 0.25) is 11.8 Å². The second kappa shape index (κ2) is 14.9. The van der Waals surface area contributed by atoms with Crippen molar-refractivity contribution in [1.29, 1.82) is 5.26 Å². The summed E-state index contributed by atoms with van der Waals surface area (Å²) < 4.78 is 31.8. The maximum Gasteiger partial charge on any atom is 0.240 e. The van der Waals surface area contributed by atoms with Crippen LogP contribution in [0.1, 0.15) is 44.2 Å². The number of halogens is 4. The minimum absolute atomic E-state index is 0.0134. The molecule has 9 nitrogen and oxygen atoms in total. The molecule has 0 spiro atoms. The Labute approximate surface area is 278 Å². The highest BCUT2D eigenvalue weighted by molar-refractivity contribution is 6.31. The molecule has 2 aliphatic heterocycles. The molecule has 3 N–H and O–H groups in total. The van der Waals surface area contributed by atoms with Gasteiger partial charge in [0, 0.05) is 61.8 Å². The lowest BCUT2D eigenvalue weighted by atomic mass is 9.62. The molecular weight excluding hydrogens is 639 g/mol. The van der Waals surface area contributed by atoms with Gasteiger partial charge < -0.3 is 25.3 Å². The van der Waals surface area contributed by atoms with E-state index < -0.39 is 35.1 Å². The van der Waals surface area contributed by atoms with Gasteiger partial charge in [-0.1, -0.05) is 62.2 Å². The maximum atomic E-state index is 15.9. The molecule has 2 aromatic rings. The first kappa shape index (κ1) is 36.0. The first-order valence-electron chi connectivity index (χ1n) is 15.3. The van der Waals surface area contributed by atoms with E-state index in [1.54, 1.807) is 11.0 Å². The number of carbonyl (C=O) groups is 2. The number of hydrogen-bond acceptors (Lipinski definition) is 7. The van der Waals surface area contributed by atoms with Gasteiger partial charge in [0.1, 0.15) is 17.0 Å². The number of amides is 2. The zero-order chi connectivity index (χ0) is 33.8. The first-order valence-corrected chi connectivity index (χ1v) is 16.1. The Balaban J connectivity index is 1.72. The molecule has 2 amide bonds. The van der Waals surface area contributed by atoms with Gasteiger partial charge in [0.05, 0.1) is 36.9 Å². The van der Waals surface area contributed by atoms with Crippen LogP contribution in [0.15, 0.2) is 36.4 Å². The van der Waals surface area contributed by atoms with Crippen molar-refractivity contribution in [2.45, 2.75) is 50.6 Å².